The largest absolute Gasteiger partial charge is 0.508 e. The van der Waals surface area contributed by atoms with Gasteiger partial charge in [0.25, 0.3) is 0 Å². The minimum absolute atomic E-state index is 0. The van der Waals surface area contributed by atoms with Crippen LogP contribution in [0, 0.1) is 0 Å². The van der Waals surface area contributed by atoms with Crippen LogP contribution in [0.15, 0.2) is 48.5 Å². The van der Waals surface area contributed by atoms with Crippen LogP contribution in [-0.2, 0) is 39.4 Å². The molecule has 1 N–H and O–H groups in total. The van der Waals surface area contributed by atoms with Gasteiger partial charge in [0.15, 0.2) is 0 Å². The van der Waals surface area contributed by atoms with Crippen molar-refractivity contribution < 1.29 is 36.4 Å². The van der Waals surface area contributed by atoms with Gasteiger partial charge in [0, 0.05) is 34.6 Å². The van der Waals surface area contributed by atoms with Gasteiger partial charge in [0.1, 0.15) is 17.3 Å². The van der Waals surface area contributed by atoms with Crippen molar-refractivity contribution >= 4 is 5.78 Å². The Morgan fingerprint density at radius 2 is 1.36 bits per heavy atom. The van der Waals surface area contributed by atoms with Gasteiger partial charge < -0.3 is 9.84 Å². The van der Waals surface area contributed by atoms with Crippen LogP contribution in [0.5, 0.6) is 11.5 Å². The standard InChI is InChI=1S/C18H20O3.Ti/c1-21-18-12-6-15(7-13-18)5-11-17(20)10-4-14-2-8-16(19)9-3-14;/h2-3,6-9,12-13,19H,4-5,10-11H2,1H3;. The van der Waals surface area contributed by atoms with Gasteiger partial charge in [-0.25, -0.2) is 0 Å². The Kier molecular flexibility index (Phi) is 7.93. The molecule has 0 atom stereocenters. The van der Waals surface area contributed by atoms with E-state index in [-0.39, 0.29) is 33.3 Å². The minimum atomic E-state index is 0. The van der Waals surface area contributed by atoms with E-state index < -0.39 is 0 Å². The molecule has 0 aliphatic rings. The molecule has 0 unspecified atom stereocenters. The normalized spacial score (nSPS) is 9.86. The third kappa shape index (κ3) is 6.04. The number of phenols is 1. The average Bonchev–Trinajstić information content (AvgIpc) is 2.53. The molecule has 0 amide bonds. The van der Waals surface area contributed by atoms with E-state index in [2.05, 4.69) is 0 Å². The molecule has 3 nitrogen and oxygen atoms in total. The Bertz CT molecular complexity index is 576. The molecular formula is C18H20O3Ti. The van der Waals surface area contributed by atoms with Gasteiger partial charge in [0.05, 0.1) is 7.11 Å². The molecule has 22 heavy (non-hydrogen) atoms. The molecule has 0 aliphatic carbocycles. The molecule has 0 fully saturated rings. The Morgan fingerprint density at radius 1 is 0.909 bits per heavy atom. The Hall–Kier alpha value is -1.58. The number of benzene rings is 2. The average molecular weight is 332 g/mol. The van der Waals surface area contributed by atoms with E-state index in [1.54, 1.807) is 19.2 Å². The van der Waals surface area contributed by atoms with E-state index >= 15 is 0 Å². The smallest absolute Gasteiger partial charge is 0.133 e. The number of methoxy groups -OCH3 is 1. The second-order valence-corrected chi connectivity index (χ2v) is 5.05. The van der Waals surface area contributed by atoms with Crippen molar-refractivity contribution in [3.8, 4) is 11.5 Å². The van der Waals surface area contributed by atoms with Crippen LogP contribution >= 0.6 is 0 Å². The number of ether oxygens (including phenoxy) is 1. The Morgan fingerprint density at radius 3 is 1.82 bits per heavy atom. The first kappa shape index (κ1) is 18.5. The van der Waals surface area contributed by atoms with Gasteiger partial charge in [0.2, 0.25) is 0 Å². The number of aromatic hydroxyl groups is 1. The molecule has 0 aromatic heterocycles. The maximum Gasteiger partial charge on any atom is 0.133 e. The third-order valence-electron chi connectivity index (χ3n) is 3.48. The zero-order valence-corrected chi connectivity index (χ0v) is 14.3. The van der Waals surface area contributed by atoms with Crippen LogP contribution in [0.4, 0.5) is 0 Å². The van der Waals surface area contributed by atoms with Crippen molar-refractivity contribution in [2.45, 2.75) is 25.7 Å². The fraction of sp³-hybridized carbons (Fsp3) is 0.278. The molecular weight excluding hydrogens is 312 g/mol. The summed E-state index contributed by atoms with van der Waals surface area (Å²) in [6.07, 6.45) is 2.59. The van der Waals surface area contributed by atoms with E-state index in [1.807, 2.05) is 36.4 Å². The minimum Gasteiger partial charge on any atom is -0.508 e. The van der Waals surface area contributed by atoms with Crippen molar-refractivity contribution in [1.29, 1.82) is 0 Å². The summed E-state index contributed by atoms with van der Waals surface area (Å²) in [5.74, 6) is 1.35. The third-order valence-corrected chi connectivity index (χ3v) is 3.48. The predicted molar refractivity (Wildman–Crippen MR) is 82.7 cm³/mol. The first-order chi connectivity index (χ1) is 10.2. The maximum absolute atomic E-state index is 11.9. The van der Waals surface area contributed by atoms with Crippen LogP contribution in [-0.4, -0.2) is 18.0 Å². The predicted octanol–water partition coefficient (Wildman–Crippen LogP) is 3.53. The Balaban J connectivity index is 0.00000242. The van der Waals surface area contributed by atoms with Gasteiger partial charge in [-0.2, -0.15) is 0 Å². The number of ketones is 1. The monoisotopic (exact) mass is 332 g/mol. The number of hydrogen-bond acceptors (Lipinski definition) is 3. The molecule has 0 saturated heterocycles. The molecule has 2 aromatic carbocycles. The topological polar surface area (TPSA) is 46.5 Å². The summed E-state index contributed by atoms with van der Waals surface area (Å²) in [7, 11) is 1.64. The summed E-state index contributed by atoms with van der Waals surface area (Å²) in [6.45, 7) is 0. The molecule has 4 heteroatoms. The van der Waals surface area contributed by atoms with Gasteiger partial charge in [-0.15, -0.1) is 0 Å². The SMILES string of the molecule is COc1ccc(CCC(=O)CCc2ccc(O)cc2)cc1.[Ti]. The van der Waals surface area contributed by atoms with E-state index in [0.29, 0.717) is 12.8 Å². The number of aryl methyl sites for hydroxylation is 2. The molecule has 0 heterocycles. The van der Waals surface area contributed by atoms with Crippen LogP contribution < -0.4 is 4.74 Å². The summed E-state index contributed by atoms with van der Waals surface area (Å²) >= 11 is 0. The summed E-state index contributed by atoms with van der Waals surface area (Å²) in [5.41, 5.74) is 2.22. The van der Waals surface area contributed by atoms with Gasteiger partial charge in [-0.3, -0.25) is 4.79 Å². The van der Waals surface area contributed by atoms with Gasteiger partial charge >= 0.3 is 0 Å². The first-order valence-electron chi connectivity index (χ1n) is 7.10. The molecule has 0 spiro atoms. The zero-order chi connectivity index (χ0) is 15.1. The number of hydrogen-bond donors (Lipinski definition) is 1. The van der Waals surface area contributed by atoms with Crippen LogP contribution in [0.1, 0.15) is 24.0 Å². The molecule has 2 rings (SSSR count). The van der Waals surface area contributed by atoms with E-state index in [1.165, 1.54) is 0 Å². The zero-order valence-electron chi connectivity index (χ0n) is 12.7. The Labute approximate surface area is 146 Å². The number of rotatable bonds is 7. The van der Waals surface area contributed by atoms with Crippen LogP contribution in [0.25, 0.3) is 0 Å². The second-order valence-electron chi connectivity index (χ2n) is 5.05. The summed E-state index contributed by atoms with van der Waals surface area (Å²) in [6, 6.07) is 14.8. The van der Waals surface area contributed by atoms with Crippen molar-refractivity contribution in [1.82, 2.24) is 0 Å². The number of carbonyl (C=O) groups excluding carboxylic acids is 1. The number of Topliss-reactive ketones (excluding diaryl/α,β-unsaturated/α-hetero) is 1. The molecule has 0 saturated carbocycles. The maximum atomic E-state index is 11.9. The fourth-order valence-corrected chi connectivity index (χ4v) is 2.15. The van der Waals surface area contributed by atoms with Gasteiger partial charge in [-0.05, 0) is 48.2 Å². The molecule has 0 radical (unpaired) electrons. The van der Waals surface area contributed by atoms with Crippen LogP contribution in [0.2, 0.25) is 0 Å². The van der Waals surface area contributed by atoms with Crippen LogP contribution in [0.3, 0.4) is 0 Å². The molecule has 114 valence electrons. The van der Waals surface area contributed by atoms with Crippen molar-refractivity contribution in [3.05, 3.63) is 59.7 Å². The number of phenolic OH excluding ortho intramolecular Hbond substituents is 1. The quantitative estimate of drug-likeness (QED) is 0.789. The summed E-state index contributed by atoms with van der Waals surface area (Å²) < 4.78 is 5.11. The summed E-state index contributed by atoms with van der Waals surface area (Å²) in [4.78, 5) is 11.9. The number of carbonyl (C=O) groups is 1. The fourth-order valence-electron chi connectivity index (χ4n) is 2.15. The van der Waals surface area contributed by atoms with Crippen molar-refractivity contribution in [3.63, 3.8) is 0 Å². The molecule has 0 aliphatic heterocycles. The van der Waals surface area contributed by atoms with Crippen molar-refractivity contribution in [2.24, 2.45) is 0 Å². The summed E-state index contributed by atoms with van der Waals surface area (Å²) in [5, 5.41) is 9.21. The van der Waals surface area contributed by atoms with E-state index in [9.17, 15) is 9.90 Å². The first-order valence-corrected chi connectivity index (χ1v) is 7.10. The van der Waals surface area contributed by atoms with Gasteiger partial charge in [-0.1, -0.05) is 24.3 Å². The van der Waals surface area contributed by atoms with E-state index in [4.69, 9.17) is 4.74 Å². The molecule has 2 aromatic rings. The second kappa shape index (κ2) is 9.44. The van der Waals surface area contributed by atoms with Crippen molar-refractivity contribution in [2.75, 3.05) is 7.11 Å². The van der Waals surface area contributed by atoms with E-state index in [0.717, 1.165) is 29.7 Å². The molecule has 0 bridgehead atoms.